The molecular formula is C13H11FIN. The fourth-order valence-electron chi connectivity index (χ4n) is 1.41. The number of nitrogens with one attached hydrogen (secondary N) is 1. The summed E-state index contributed by atoms with van der Waals surface area (Å²) in [6.07, 6.45) is 0. The van der Waals surface area contributed by atoms with Crippen LogP contribution in [0, 0.1) is 9.39 Å². The van der Waals surface area contributed by atoms with E-state index in [1.807, 2.05) is 30.3 Å². The summed E-state index contributed by atoms with van der Waals surface area (Å²) in [6.45, 7) is 0.507. The molecule has 0 aliphatic heterocycles. The number of hydrogen-bond donors (Lipinski definition) is 1. The summed E-state index contributed by atoms with van der Waals surface area (Å²) in [5, 5.41) is 3.19. The van der Waals surface area contributed by atoms with E-state index in [0.29, 0.717) is 12.1 Å². The fraction of sp³-hybridized carbons (Fsp3) is 0.0769. The molecule has 0 spiro atoms. The van der Waals surface area contributed by atoms with E-state index in [-0.39, 0.29) is 5.82 Å². The Morgan fingerprint density at radius 2 is 1.69 bits per heavy atom. The molecule has 0 amide bonds. The van der Waals surface area contributed by atoms with Crippen molar-refractivity contribution in [2.24, 2.45) is 0 Å². The molecule has 0 saturated carbocycles. The highest BCUT2D eigenvalue weighted by atomic mass is 127. The minimum Gasteiger partial charge on any atom is -0.381 e. The topological polar surface area (TPSA) is 12.0 Å². The maximum absolute atomic E-state index is 13.3. The first-order valence-corrected chi connectivity index (χ1v) is 6.06. The lowest BCUT2D eigenvalue weighted by molar-refractivity contribution is 0.613. The summed E-state index contributed by atoms with van der Waals surface area (Å²) >= 11 is 2.25. The Morgan fingerprint density at radius 1 is 1.00 bits per heavy atom. The summed E-state index contributed by atoms with van der Waals surface area (Å²) in [7, 11) is 0. The second-order valence-corrected chi connectivity index (χ2v) is 4.70. The van der Waals surface area contributed by atoms with Crippen molar-refractivity contribution in [2.75, 3.05) is 5.32 Å². The van der Waals surface area contributed by atoms with Crippen LogP contribution in [0.3, 0.4) is 0 Å². The van der Waals surface area contributed by atoms with Gasteiger partial charge < -0.3 is 5.32 Å². The van der Waals surface area contributed by atoms with Crippen LogP contribution in [0.4, 0.5) is 10.1 Å². The van der Waals surface area contributed by atoms with Gasteiger partial charge >= 0.3 is 0 Å². The van der Waals surface area contributed by atoms with E-state index >= 15 is 0 Å². The second-order valence-electron chi connectivity index (χ2n) is 3.45. The van der Waals surface area contributed by atoms with Crippen LogP contribution in [-0.4, -0.2) is 0 Å². The molecule has 0 aliphatic rings. The molecule has 0 heterocycles. The van der Waals surface area contributed by atoms with E-state index < -0.39 is 0 Å². The van der Waals surface area contributed by atoms with E-state index in [9.17, 15) is 4.39 Å². The van der Waals surface area contributed by atoms with Gasteiger partial charge in [-0.05, 0) is 52.9 Å². The molecule has 1 N–H and O–H groups in total. The molecule has 0 bridgehead atoms. The van der Waals surface area contributed by atoms with E-state index in [4.69, 9.17) is 0 Å². The zero-order chi connectivity index (χ0) is 11.4. The van der Waals surface area contributed by atoms with Gasteiger partial charge in [-0.3, -0.25) is 0 Å². The molecule has 0 fully saturated rings. The lowest BCUT2D eigenvalue weighted by Crippen LogP contribution is -2.01. The third-order valence-electron chi connectivity index (χ3n) is 2.29. The third-order valence-corrected chi connectivity index (χ3v) is 3.00. The summed E-state index contributed by atoms with van der Waals surface area (Å²) < 4.78 is 14.5. The van der Waals surface area contributed by atoms with Gasteiger partial charge in [0.05, 0.1) is 0 Å². The molecular weight excluding hydrogens is 316 g/mol. The Labute approximate surface area is 108 Å². The Bertz CT molecular complexity index is 468. The predicted octanol–water partition coefficient (Wildman–Crippen LogP) is 4.04. The van der Waals surface area contributed by atoms with Gasteiger partial charge in [0.25, 0.3) is 0 Å². The Balaban J connectivity index is 2.02. The monoisotopic (exact) mass is 327 g/mol. The van der Waals surface area contributed by atoms with Crippen molar-refractivity contribution in [3.05, 3.63) is 63.5 Å². The van der Waals surface area contributed by atoms with E-state index in [2.05, 4.69) is 27.9 Å². The number of halogens is 2. The first-order chi connectivity index (χ1) is 7.75. The molecule has 2 aromatic carbocycles. The van der Waals surface area contributed by atoms with Crippen LogP contribution in [0.5, 0.6) is 0 Å². The fourth-order valence-corrected chi connectivity index (χ4v) is 1.77. The van der Waals surface area contributed by atoms with Crippen LogP contribution < -0.4 is 5.32 Å². The second kappa shape index (κ2) is 5.30. The van der Waals surface area contributed by atoms with Crippen molar-refractivity contribution in [1.82, 2.24) is 0 Å². The molecule has 2 aromatic rings. The van der Waals surface area contributed by atoms with Gasteiger partial charge in [-0.25, -0.2) is 4.39 Å². The molecule has 0 saturated heterocycles. The Kier molecular flexibility index (Phi) is 3.77. The van der Waals surface area contributed by atoms with Crippen molar-refractivity contribution in [3.63, 3.8) is 0 Å². The van der Waals surface area contributed by atoms with Crippen molar-refractivity contribution in [1.29, 1.82) is 0 Å². The number of anilines is 1. The summed E-state index contributed by atoms with van der Waals surface area (Å²) in [4.78, 5) is 0. The van der Waals surface area contributed by atoms with Gasteiger partial charge in [-0.15, -0.1) is 0 Å². The molecule has 82 valence electrons. The van der Waals surface area contributed by atoms with Crippen LogP contribution in [0.15, 0.2) is 48.5 Å². The average Bonchev–Trinajstić information content (AvgIpc) is 2.30. The molecule has 16 heavy (non-hydrogen) atoms. The van der Waals surface area contributed by atoms with Gasteiger partial charge in [0.1, 0.15) is 5.82 Å². The summed E-state index contributed by atoms with van der Waals surface area (Å²) in [5.74, 6) is -0.166. The van der Waals surface area contributed by atoms with Crippen molar-refractivity contribution in [2.45, 2.75) is 6.54 Å². The summed E-state index contributed by atoms with van der Waals surface area (Å²) in [6, 6.07) is 14.8. The standard InChI is InChI=1S/C13H11FIN/c14-13-4-2-1-3-10(13)9-16-12-7-5-11(15)6-8-12/h1-8,16H,9H2. The molecule has 0 aromatic heterocycles. The smallest absolute Gasteiger partial charge is 0.128 e. The largest absolute Gasteiger partial charge is 0.381 e. The molecule has 0 radical (unpaired) electrons. The van der Waals surface area contributed by atoms with E-state index in [1.165, 1.54) is 9.64 Å². The molecule has 2 rings (SSSR count). The minimum absolute atomic E-state index is 0.166. The maximum atomic E-state index is 13.3. The Hall–Kier alpha value is -1.10. The molecule has 3 heteroatoms. The van der Waals surface area contributed by atoms with E-state index in [1.54, 1.807) is 12.1 Å². The number of rotatable bonds is 3. The highest BCUT2D eigenvalue weighted by Gasteiger charge is 1.99. The van der Waals surface area contributed by atoms with Gasteiger partial charge in [-0.1, -0.05) is 18.2 Å². The van der Waals surface area contributed by atoms with Gasteiger partial charge in [0, 0.05) is 21.4 Å². The van der Waals surface area contributed by atoms with Gasteiger partial charge in [-0.2, -0.15) is 0 Å². The molecule has 0 unspecified atom stereocenters. The van der Waals surface area contributed by atoms with Crippen LogP contribution >= 0.6 is 22.6 Å². The average molecular weight is 327 g/mol. The highest BCUT2D eigenvalue weighted by Crippen LogP contribution is 2.13. The summed E-state index contributed by atoms with van der Waals surface area (Å²) in [5.41, 5.74) is 1.68. The van der Waals surface area contributed by atoms with Crippen molar-refractivity contribution >= 4 is 28.3 Å². The number of hydrogen-bond acceptors (Lipinski definition) is 1. The Morgan fingerprint density at radius 3 is 2.38 bits per heavy atom. The third kappa shape index (κ3) is 2.95. The zero-order valence-electron chi connectivity index (χ0n) is 8.58. The minimum atomic E-state index is -0.166. The quantitative estimate of drug-likeness (QED) is 0.839. The van der Waals surface area contributed by atoms with Gasteiger partial charge in [0.2, 0.25) is 0 Å². The van der Waals surface area contributed by atoms with Crippen LogP contribution in [0.25, 0.3) is 0 Å². The van der Waals surface area contributed by atoms with Crippen molar-refractivity contribution < 1.29 is 4.39 Å². The molecule has 0 atom stereocenters. The van der Waals surface area contributed by atoms with Crippen LogP contribution in [-0.2, 0) is 6.54 Å². The van der Waals surface area contributed by atoms with Gasteiger partial charge in [0.15, 0.2) is 0 Å². The predicted molar refractivity (Wildman–Crippen MR) is 72.9 cm³/mol. The maximum Gasteiger partial charge on any atom is 0.128 e. The lowest BCUT2D eigenvalue weighted by Gasteiger charge is -2.07. The normalized spacial score (nSPS) is 10.1. The first kappa shape index (κ1) is 11.4. The van der Waals surface area contributed by atoms with Crippen LogP contribution in [0.1, 0.15) is 5.56 Å². The SMILES string of the molecule is Fc1ccccc1CNc1ccc(I)cc1. The number of benzene rings is 2. The molecule has 1 nitrogen and oxygen atoms in total. The molecule has 0 aliphatic carbocycles. The first-order valence-electron chi connectivity index (χ1n) is 4.98. The highest BCUT2D eigenvalue weighted by molar-refractivity contribution is 14.1. The van der Waals surface area contributed by atoms with Crippen LogP contribution in [0.2, 0.25) is 0 Å². The van der Waals surface area contributed by atoms with E-state index in [0.717, 1.165) is 5.69 Å². The zero-order valence-corrected chi connectivity index (χ0v) is 10.7. The van der Waals surface area contributed by atoms with Crippen molar-refractivity contribution in [3.8, 4) is 0 Å². The lowest BCUT2D eigenvalue weighted by atomic mass is 10.2.